The van der Waals surface area contributed by atoms with E-state index in [0.29, 0.717) is 12.8 Å². The molecule has 1 unspecified atom stereocenters. The molecule has 4 aromatic rings. The average molecular weight is 500 g/mol. The smallest absolute Gasteiger partial charge is 0.244 e. The summed E-state index contributed by atoms with van der Waals surface area (Å²) in [6.45, 7) is 0.437. The molecule has 2 heterocycles. The van der Waals surface area contributed by atoms with Gasteiger partial charge in [-0.25, -0.2) is 13.4 Å². The number of nitrogens with one attached hydrogen (secondary N) is 2. The van der Waals surface area contributed by atoms with Crippen molar-refractivity contribution in [2.24, 2.45) is 5.92 Å². The van der Waals surface area contributed by atoms with Crippen molar-refractivity contribution in [3.8, 4) is 6.07 Å². The summed E-state index contributed by atoms with van der Waals surface area (Å²) in [5.41, 5.74) is 3.75. The van der Waals surface area contributed by atoms with Gasteiger partial charge >= 0.3 is 0 Å². The molecule has 2 N–H and O–H groups in total. The van der Waals surface area contributed by atoms with Gasteiger partial charge in [-0.1, -0.05) is 48.5 Å². The number of fused-ring (bicyclic) bond motifs is 1. The van der Waals surface area contributed by atoms with Crippen LogP contribution in [0.3, 0.4) is 0 Å². The summed E-state index contributed by atoms with van der Waals surface area (Å²) in [6.07, 6.45) is 2.45. The lowest BCUT2D eigenvalue weighted by Crippen LogP contribution is -2.44. The van der Waals surface area contributed by atoms with E-state index in [0.717, 1.165) is 22.2 Å². The van der Waals surface area contributed by atoms with Crippen molar-refractivity contribution in [2.45, 2.75) is 23.8 Å². The monoisotopic (exact) mass is 499 g/mol. The Kier molecular flexibility index (Phi) is 6.55. The van der Waals surface area contributed by atoms with Crippen LogP contribution in [0.4, 0.5) is 0 Å². The Morgan fingerprint density at radius 2 is 1.75 bits per heavy atom. The number of imidazole rings is 1. The van der Waals surface area contributed by atoms with E-state index in [1.54, 1.807) is 18.5 Å². The molecule has 0 bridgehead atoms. The third-order valence-electron chi connectivity index (χ3n) is 6.65. The summed E-state index contributed by atoms with van der Waals surface area (Å²) >= 11 is 0. The number of nitriles is 1. The zero-order valence-electron chi connectivity index (χ0n) is 19.5. The molecule has 1 amide bonds. The molecule has 9 heteroatoms. The van der Waals surface area contributed by atoms with Crippen LogP contribution in [0.5, 0.6) is 0 Å². The minimum Gasteiger partial charge on any atom is -0.345 e. The molecule has 0 spiro atoms. The van der Waals surface area contributed by atoms with Crippen molar-refractivity contribution in [3.05, 3.63) is 95.8 Å². The third-order valence-corrected chi connectivity index (χ3v) is 8.60. The fourth-order valence-corrected chi connectivity index (χ4v) is 6.29. The molecule has 0 aliphatic carbocycles. The Labute approximate surface area is 209 Å². The lowest BCUT2D eigenvalue weighted by atomic mass is 9.94. The number of carbonyl (C=O) groups is 1. The fraction of sp³-hybridized carbons (Fsp3) is 0.222. The van der Waals surface area contributed by atoms with E-state index in [9.17, 15) is 18.5 Å². The average Bonchev–Trinajstić information content (AvgIpc) is 3.40. The highest BCUT2D eigenvalue weighted by molar-refractivity contribution is 7.89. The minimum atomic E-state index is -3.81. The maximum Gasteiger partial charge on any atom is 0.244 e. The van der Waals surface area contributed by atoms with Crippen LogP contribution >= 0.6 is 0 Å². The molecular weight excluding hydrogens is 474 g/mol. The van der Waals surface area contributed by atoms with Gasteiger partial charge in [0.2, 0.25) is 15.9 Å². The molecule has 3 aromatic carbocycles. The molecule has 1 fully saturated rings. The Morgan fingerprint density at radius 1 is 1.03 bits per heavy atom. The van der Waals surface area contributed by atoms with Crippen LogP contribution in [0.15, 0.2) is 84.0 Å². The Balaban J connectivity index is 1.32. The molecule has 36 heavy (non-hydrogen) atoms. The van der Waals surface area contributed by atoms with Crippen molar-refractivity contribution in [2.75, 3.05) is 13.1 Å². The van der Waals surface area contributed by atoms with Crippen LogP contribution in [0.1, 0.15) is 35.6 Å². The molecule has 182 valence electrons. The molecule has 1 aliphatic rings. The number of rotatable bonds is 6. The van der Waals surface area contributed by atoms with Crippen LogP contribution in [0.2, 0.25) is 0 Å². The number of amides is 1. The van der Waals surface area contributed by atoms with Gasteiger partial charge in [-0.2, -0.15) is 9.57 Å². The molecular formula is C27H25N5O3S. The number of hydrogen-bond donors (Lipinski definition) is 2. The standard InChI is InChI=1S/C27H25N5O3S/c28-17-22-8-4-5-9-25(22)36(34,35)32-14-12-20(13-15-32)27(33)31-26(19-6-2-1-3-7-19)21-10-11-23-24(16-21)30-18-29-23/h1-11,16,18,20,26H,12-15H2,(H,29,30)(H,31,33). The van der Waals surface area contributed by atoms with Gasteiger partial charge in [-0.05, 0) is 48.2 Å². The predicted octanol–water partition coefficient (Wildman–Crippen LogP) is 3.74. The van der Waals surface area contributed by atoms with Crippen molar-refractivity contribution in [3.63, 3.8) is 0 Å². The lowest BCUT2D eigenvalue weighted by Gasteiger charge is -2.32. The minimum absolute atomic E-state index is 0.00809. The number of nitrogens with zero attached hydrogens (tertiary/aromatic N) is 3. The van der Waals surface area contributed by atoms with Gasteiger partial charge in [0.1, 0.15) is 6.07 Å². The normalized spacial score (nSPS) is 15.9. The largest absolute Gasteiger partial charge is 0.345 e. The van der Waals surface area contributed by atoms with Gasteiger partial charge in [0.05, 0.1) is 33.9 Å². The first-order valence-electron chi connectivity index (χ1n) is 11.7. The molecule has 0 radical (unpaired) electrons. The third kappa shape index (κ3) is 4.61. The second-order valence-electron chi connectivity index (χ2n) is 8.82. The number of benzene rings is 3. The van der Waals surface area contributed by atoms with Crippen molar-refractivity contribution in [1.29, 1.82) is 5.26 Å². The first-order chi connectivity index (χ1) is 17.5. The topological polar surface area (TPSA) is 119 Å². The van der Waals surface area contributed by atoms with Gasteiger partial charge < -0.3 is 10.3 Å². The molecule has 1 aliphatic heterocycles. The lowest BCUT2D eigenvalue weighted by molar-refractivity contribution is -0.126. The Morgan fingerprint density at radius 3 is 2.50 bits per heavy atom. The zero-order valence-corrected chi connectivity index (χ0v) is 20.3. The van der Waals surface area contributed by atoms with Gasteiger partial charge in [0.25, 0.3) is 0 Å². The number of aromatic amines is 1. The highest BCUT2D eigenvalue weighted by Crippen LogP contribution is 2.28. The second kappa shape index (κ2) is 9.93. The molecule has 5 rings (SSSR count). The molecule has 1 atom stereocenters. The van der Waals surface area contributed by atoms with Crippen molar-refractivity contribution >= 4 is 27.0 Å². The van der Waals surface area contributed by atoms with E-state index in [1.165, 1.54) is 16.4 Å². The maximum absolute atomic E-state index is 13.4. The van der Waals surface area contributed by atoms with E-state index in [2.05, 4.69) is 15.3 Å². The van der Waals surface area contributed by atoms with Crippen molar-refractivity contribution in [1.82, 2.24) is 19.6 Å². The van der Waals surface area contributed by atoms with Gasteiger partial charge in [0.15, 0.2) is 0 Å². The molecule has 8 nitrogen and oxygen atoms in total. The number of piperidine rings is 1. The highest BCUT2D eigenvalue weighted by Gasteiger charge is 2.34. The number of carbonyl (C=O) groups excluding carboxylic acids is 1. The van der Waals surface area contributed by atoms with Crippen LogP contribution in [0.25, 0.3) is 11.0 Å². The summed E-state index contributed by atoms with van der Waals surface area (Å²) in [5.74, 6) is -0.423. The highest BCUT2D eigenvalue weighted by atomic mass is 32.2. The van der Waals surface area contributed by atoms with Crippen LogP contribution < -0.4 is 5.32 Å². The molecule has 0 saturated carbocycles. The Hall–Kier alpha value is -4.00. The van der Waals surface area contributed by atoms with E-state index >= 15 is 0 Å². The SMILES string of the molecule is N#Cc1ccccc1S(=O)(=O)N1CCC(C(=O)NC(c2ccccc2)c2ccc3nc[nH]c3c2)CC1. The Bertz CT molecular complexity index is 1530. The van der Waals surface area contributed by atoms with E-state index in [1.807, 2.05) is 54.6 Å². The number of sulfonamides is 1. The van der Waals surface area contributed by atoms with E-state index in [4.69, 9.17) is 0 Å². The summed E-state index contributed by atoms with van der Waals surface area (Å²) in [7, 11) is -3.81. The predicted molar refractivity (Wildman–Crippen MR) is 135 cm³/mol. The second-order valence-corrected chi connectivity index (χ2v) is 10.7. The van der Waals surface area contributed by atoms with Gasteiger partial charge in [-0.3, -0.25) is 4.79 Å². The van der Waals surface area contributed by atoms with Crippen molar-refractivity contribution < 1.29 is 13.2 Å². The quantitative estimate of drug-likeness (QED) is 0.419. The van der Waals surface area contributed by atoms with Gasteiger partial charge in [-0.15, -0.1) is 0 Å². The number of hydrogen-bond acceptors (Lipinski definition) is 5. The van der Waals surface area contributed by atoms with Crippen LogP contribution in [-0.4, -0.2) is 41.7 Å². The van der Waals surface area contributed by atoms with E-state index in [-0.39, 0.29) is 41.4 Å². The summed E-state index contributed by atoms with van der Waals surface area (Å²) in [4.78, 5) is 20.7. The summed E-state index contributed by atoms with van der Waals surface area (Å²) in [6, 6.07) is 23.4. The zero-order chi connectivity index (χ0) is 25.1. The number of aromatic nitrogens is 2. The van der Waals surface area contributed by atoms with Crippen LogP contribution in [-0.2, 0) is 14.8 Å². The van der Waals surface area contributed by atoms with E-state index < -0.39 is 10.0 Å². The first-order valence-corrected chi connectivity index (χ1v) is 13.2. The first kappa shape index (κ1) is 23.7. The fourth-order valence-electron chi connectivity index (χ4n) is 4.68. The molecule has 1 saturated heterocycles. The van der Waals surface area contributed by atoms with Crippen LogP contribution in [0, 0.1) is 17.2 Å². The molecule has 1 aromatic heterocycles. The summed E-state index contributed by atoms with van der Waals surface area (Å²) < 4.78 is 27.7. The maximum atomic E-state index is 13.4. The summed E-state index contributed by atoms with van der Waals surface area (Å²) in [5, 5.41) is 12.5. The number of H-pyrrole nitrogens is 1. The van der Waals surface area contributed by atoms with Gasteiger partial charge in [0, 0.05) is 19.0 Å².